The molecule has 0 unspecified atom stereocenters. The van der Waals surface area contributed by atoms with Gasteiger partial charge in [-0.05, 0) is 43.0 Å². The zero-order chi connectivity index (χ0) is 20.3. The third kappa shape index (κ3) is 4.80. The molecule has 148 valence electrons. The number of hydrogen-bond donors (Lipinski definition) is 2. The number of rotatable bonds is 7. The van der Waals surface area contributed by atoms with Gasteiger partial charge in [-0.2, -0.15) is 0 Å². The van der Waals surface area contributed by atoms with Crippen LogP contribution in [0.2, 0.25) is 0 Å². The summed E-state index contributed by atoms with van der Waals surface area (Å²) in [6.45, 7) is 6.33. The minimum absolute atomic E-state index is 0.0645. The summed E-state index contributed by atoms with van der Waals surface area (Å²) in [7, 11) is 0. The first-order valence-electron chi connectivity index (χ1n) is 9.07. The summed E-state index contributed by atoms with van der Waals surface area (Å²) in [6, 6.07) is 5.71. The molecule has 2 N–H and O–H groups in total. The number of hydrogen-bond acceptors (Lipinski definition) is 5. The Morgan fingerprint density at radius 2 is 2.21 bits per heavy atom. The molecule has 28 heavy (non-hydrogen) atoms. The van der Waals surface area contributed by atoms with E-state index in [2.05, 4.69) is 29.1 Å². The zero-order valence-corrected chi connectivity index (χ0v) is 17.6. The highest BCUT2D eigenvalue weighted by atomic mass is 32.2. The van der Waals surface area contributed by atoms with E-state index in [-0.39, 0.29) is 17.2 Å². The van der Waals surface area contributed by atoms with Crippen LogP contribution in [0.4, 0.5) is 10.1 Å². The molecular formula is C20H22FN3O2S2. The normalized spacial score (nSPS) is 12.3. The number of nitrogens with one attached hydrogen (secondary N) is 2. The third-order valence-corrected chi connectivity index (χ3v) is 6.45. The summed E-state index contributed by atoms with van der Waals surface area (Å²) in [6.07, 6.45) is 1.91. The number of carbonyl (C=O) groups is 1. The Morgan fingerprint density at radius 1 is 1.43 bits per heavy atom. The number of thiophene rings is 1. The Labute approximate surface area is 170 Å². The van der Waals surface area contributed by atoms with Crippen LogP contribution < -0.4 is 10.9 Å². The second kappa shape index (κ2) is 8.87. The number of H-pyrrole nitrogens is 1. The fourth-order valence-electron chi connectivity index (χ4n) is 2.86. The van der Waals surface area contributed by atoms with Gasteiger partial charge in [0.1, 0.15) is 10.6 Å². The van der Waals surface area contributed by atoms with Crippen molar-refractivity contribution in [2.45, 2.75) is 38.8 Å². The number of fused-ring (bicyclic) bond motifs is 1. The number of thioether (sulfide) groups is 1. The van der Waals surface area contributed by atoms with Crippen molar-refractivity contribution < 1.29 is 9.18 Å². The standard InChI is InChI=1S/C20H22FN3O2S2/c1-4-11(2)8-15-12(3)28-19-17(15)18(26)23-20(24-19)27-10-16(25)22-14-7-5-6-13(21)9-14/h5-7,9,11H,4,8,10H2,1-3H3,(H,22,25)(H,23,24,26)/t11-/m1/s1. The number of amides is 1. The second-order valence-corrected chi connectivity index (χ2v) is 8.92. The van der Waals surface area contributed by atoms with E-state index in [9.17, 15) is 14.0 Å². The van der Waals surface area contributed by atoms with Crippen molar-refractivity contribution in [1.82, 2.24) is 9.97 Å². The Balaban J connectivity index is 1.74. The van der Waals surface area contributed by atoms with E-state index in [1.807, 2.05) is 6.92 Å². The monoisotopic (exact) mass is 419 g/mol. The van der Waals surface area contributed by atoms with E-state index in [0.29, 0.717) is 27.0 Å². The van der Waals surface area contributed by atoms with Crippen molar-refractivity contribution in [2.75, 3.05) is 11.1 Å². The number of nitrogens with zero attached hydrogens (tertiary/aromatic N) is 1. The molecule has 5 nitrogen and oxygen atoms in total. The molecule has 1 amide bonds. The molecule has 2 aromatic heterocycles. The van der Waals surface area contributed by atoms with Crippen molar-refractivity contribution in [3.63, 3.8) is 0 Å². The largest absolute Gasteiger partial charge is 0.325 e. The number of anilines is 1. The van der Waals surface area contributed by atoms with Gasteiger partial charge in [0.25, 0.3) is 5.56 Å². The van der Waals surface area contributed by atoms with Crippen LogP contribution in [0.25, 0.3) is 10.2 Å². The summed E-state index contributed by atoms with van der Waals surface area (Å²) in [4.78, 5) is 33.8. The van der Waals surface area contributed by atoms with Gasteiger partial charge in [0.2, 0.25) is 5.91 Å². The van der Waals surface area contributed by atoms with Crippen LogP contribution in [0.15, 0.2) is 34.2 Å². The maximum absolute atomic E-state index is 13.2. The molecule has 0 aliphatic rings. The van der Waals surface area contributed by atoms with Gasteiger partial charge in [0.15, 0.2) is 5.16 Å². The van der Waals surface area contributed by atoms with E-state index in [1.54, 1.807) is 6.07 Å². The van der Waals surface area contributed by atoms with Crippen molar-refractivity contribution >= 4 is 44.9 Å². The van der Waals surface area contributed by atoms with Crippen LogP contribution in [0, 0.1) is 18.7 Å². The molecule has 0 spiro atoms. The Bertz CT molecular complexity index is 1060. The van der Waals surface area contributed by atoms with Crippen LogP contribution in [0.3, 0.4) is 0 Å². The lowest BCUT2D eigenvalue weighted by molar-refractivity contribution is -0.113. The van der Waals surface area contributed by atoms with Crippen molar-refractivity contribution in [2.24, 2.45) is 5.92 Å². The predicted octanol–water partition coefficient (Wildman–Crippen LogP) is 4.75. The molecule has 2 heterocycles. The average molecular weight is 420 g/mol. The van der Waals surface area contributed by atoms with Gasteiger partial charge < -0.3 is 10.3 Å². The van der Waals surface area contributed by atoms with Crippen LogP contribution >= 0.6 is 23.1 Å². The number of aromatic nitrogens is 2. The number of aryl methyl sites for hydroxylation is 1. The molecule has 0 aliphatic heterocycles. The first-order valence-corrected chi connectivity index (χ1v) is 10.9. The smallest absolute Gasteiger partial charge is 0.260 e. The molecule has 1 aromatic carbocycles. The first-order chi connectivity index (χ1) is 13.4. The Kier molecular flexibility index (Phi) is 6.51. The maximum Gasteiger partial charge on any atom is 0.260 e. The minimum atomic E-state index is -0.414. The van der Waals surface area contributed by atoms with Gasteiger partial charge in [-0.1, -0.05) is 38.1 Å². The molecular weight excluding hydrogens is 397 g/mol. The fourth-order valence-corrected chi connectivity index (χ4v) is 4.63. The molecule has 0 saturated heterocycles. The molecule has 0 aliphatic carbocycles. The van der Waals surface area contributed by atoms with Crippen molar-refractivity contribution in [3.8, 4) is 0 Å². The highest BCUT2D eigenvalue weighted by Gasteiger charge is 2.17. The molecule has 8 heteroatoms. The summed E-state index contributed by atoms with van der Waals surface area (Å²) in [5, 5.41) is 3.70. The molecule has 0 bridgehead atoms. The average Bonchev–Trinajstić information content (AvgIpc) is 2.95. The van der Waals surface area contributed by atoms with Gasteiger partial charge in [-0.25, -0.2) is 9.37 Å². The van der Waals surface area contributed by atoms with Crippen LogP contribution in [-0.2, 0) is 11.2 Å². The molecule has 3 aromatic rings. The van der Waals surface area contributed by atoms with E-state index in [4.69, 9.17) is 0 Å². The third-order valence-electron chi connectivity index (χ3n) is 4.54. The van der Waals surface area contributed by atoms with Gasteiger partial charge in [0, 0.05) is 10.6 Å². The predicted molar refractivity (Wildman–Crippen MR) is 114 cm³/mol. The Morgan fingerprint density at radius 3 is 2.93 bits per heavy atom. The lowest BCUT2D eigenvalue weighted by atomic mass is 9.98. The summed E-state index contributed by atoms with van der Waals surface area (Å²) >= 11 is 2.66. The summed E-state index contributed by atoms with van der Waals surface area (Å²) < 4.78 is 13.2. The van der Waals surface area contributed by atoms with Gasteiger partial charge in [-0.15, -0.1) is 11.3 Å². The number of benzene rings is 1. The number of carbonyl (C=O) groups excluding carboxylic acids is 1. The summed E-state index contributed by atoms with van der Waals surface area (Å²) in [5.41, 5.74) is 1.30. The van der Waals surface area contributed by atoms with Gasteiger partial charge in [-0.3, -0.25) is 9.59 Å². The Hall–Kier alpha value is -2.19. The van der Waals surface area contributed by atoms with Crippen LogP contribution in [0.5, 0.6) is 0 Å². The van der Waals surface area contributed by atoms with E-state index < -0.39 is 5.82 Å². The molecule has 0 fully saturated rings. The summed E-state index contributed by atoms with van der Waals surface area (Å²) in [5.74, 6) is -0.146. The molecule has 3 rings (SSSR count). The second-order valence-electron chi connectivity index (χ2n) is 6.75. The van der Waals surface area contributed by atoms with Crippen LogP contribution in [-0.4, -0.2) is 21.6 Å². The maximum atomic E-state index is 13.2. The highest BCUT2D eigenvalue weighted by molar-refractivity contribution is 7.99. The number of aromatic amines is 1. The van der Waals surface area contributed by atoms with E-state index in [0.717, 1.165) is 35.0 Å². The lowest BCUT2D eigenvalue weighted by Gasteiger charge is -2.08. The van der Waals surface area contributed by atoms with E-state index in [1.165, 1.54) is 29.5 Å². The van der Waals surface area contributed by atoms with Crippen molar-refractivity contribution in [3.05, 3.63) is 50.9 Å². The quantitative estimate of drug-likeness (QED) is 0.428. The van der Waals surface area contributed by atoms with E-state index >= 15 is 0 Å². The molecule has 0 saturated carbocycles. The topological polar surface area (TPSA) is 74.8 Å². The lowest BCUT2D eigenvalue weighted by Crippen LogP contribution is -2.15. The molecule has 1 atom stereocenters. The first kappa shape index (κ1) is 20.5. The fraction of sp³-hybridized carbons (Fsp3) is 0.350. The zero-order valence-electron chi connectivity index (χ0n) is 16.0. The van der Waals surface area contributed by atoms with Gasteiger partial charge in [0.05, 0.1) is 11.1 Å². The number of halogens is 1. The van der Waals surface area contributed by atoms with Gasteiger partial charge >= 0.3 is 0 Å². The highest BCUT2D eigenvalue weighted by Crippen LogP contribution is 2.30. The molecule has 0 radical (unpaired) electrons. The minimum Gasteiger partial charge on any atom is -0.325 e. The van der Waals surface area contributed by atoms with Crippen LogP contribution in [0.1, 0.15) is 30.7 Å². The van der Waals surface area contributed by atoms with Crippen molar-refractivity contribution in [1.29, 1.82) is 0 Å². The SMILES string of the molecule is CC[C@@H](C)Cc1c(C)sc2nc(SCC(=O)Nc3cccc(F)c3)[nH]c(=O)c12.